The van der Waals surface area contributed by atoms with Crippen LogP contribution in [-0.4, -0.2) is 0 Å². The summed E-state index contributed by atoms with van der Waals surface area (Å²) < 4.78 is 6.32. The van der Waals surface area contributed by atoms with Crippen LogP contribution < -0.4 is 4.90 Å². The highest BCUT2D eigenvalue weighted by atomic mass is 16.3. The van der Waals surface area contributed by atoms with Gasteiger partial charge >= 0.3 is 0 Å². The van der Waals surface area contributed by atoms with E-state index >= 15 is 0 Å². The van der Waals surface area contributed by atoms with Crippen molar-refractivity contribution in [3.8, 4) is 44.7 Å². The van der Waals surface area contributed by atoms with Gasteiger partial charge in [0.2, 0.25) is 0 Å². The van der Waals surface area contributed by atoms with Gasteiger partial charge in [-0.05, 0) is 98.8 Å². The largest absolute Gasteiger partial charge is 0.456 e. The molecule has 1 aromatic heterocycles. The van der Waals surface area contributed by atoms with Crippen molar-refractivity contribution in [1.29, 1.82) is 0 Å². The Hall–Kier alpha value is -6.64. The first kappa shape index (κ1) is 29.5. The van der Waals surface area contributed by atoms with Crippen LogP contribution in [0.4, 0.5) is 17.1 Å². The third-order valence-electron chi connectivity index (χ3n) is 9.44. The van der Waals surface area contributed by atoms with Crippen LogP contribution in [0.2, 0.25) is 0 Å². The topological polar surface area (TPSA) is 16.4 Å². The standard InChI is InChI=1S/C48H33NO/c1-3-13-34(14-4-1)40-29-41(35-15-5-2-6-16-35)32-44(31-40)49(43-28-23-36-17-7-8-18-38(36)30-43)42-26-24-37(25-27-42)45-20-10-11-21-46(45)48-33-39-19-9-12-22-47(39)50-48/h1-33H. The zero-order valence-corrected chi connectivity index (χ0v) is 27.4. The molecule has 0 saturated carbocycles. The highest BCUT2D eigenvalue weighted by Gasteiger charge is 2.18. The average Bonchev–Trinajstić information content (AvgIpc) is 3.63. The van der Waals surface area contributed by atoms with Crippen molar-refractivity contribution in [3.05, 3.63) is 200 Å². The van der Waals surface area contributed by atoms with Gasteiger partial charge in [-0.15, -0.1) is 0 Å². The number of nitrogens with zero attached hydrogens (tertiary/aromatic N) is 1. The Morgan fingerprint density at radius 1 is 0.300 bits per heavy atom. The number of furan rings is 1. The van der Waals surface area contributed by atoms with Crippen molar-refractivity contribution < 1.29 is 4.42 Å². The summed E-state index contributed by atoms with van der Waals surface area (Å²) in [5.74, 6) is 0.870. The average molecular weight is 640 g/mol. The fourth-order valence-corrected chi connectivity index (χ4v) is 6.95. The maximum Gasteiger partial charge on any atom is 0.136 e. The molecule has 0 N–H and O–H groups in total. The minimum absolute atomic E-state index is 0.870. The lowest BCUT2D eigenvalue weighted by Crippen LogP contribution is -2.10. The van der Waals surface area contributed by atoms with E-state index in [1.807, 2.05) is 18.2 Å². The quantitative estimate of drug-likeness (QED) is 0.173. The summed E-state index contributed by atoms with van der Waals surface area (Å²) >= 11 is 0. The number of benzene rings is 8. The molecule has 1 heterocycles. The van der Waals surface area contributed by atoms with Gasteiger partial charge in [0, 0.05) is 28.0 Å². The third kappa shape index (κ3) is 5.63. The summed E-state index contributed by atoms with van der Waals surface area (Å²) in [7, 11) is 0. The number of para-hydroxylation sites is 1. The van der Waals surface area contributed by atoms with Crippen LogP contribution in [0.3, 0.4) is 0 Å². The number of hydrogen-bond donors (Lipinski definition) is 0. The van der Waals surface area contributed by atoms with E-state index in [2.05, 4.69) is 187 Å². The molecule has 50 heavy (non-hydrogen) atoms. The van der Waals surface area contributed by atoms with Gasteiger partial charge in [-0.3, -0.25) is 0 Å². The summed E-state index contributed by atoms with van der Waals surface area (Å²) in [6, 6.07) is 71.2. The molecule has 2 nitrogen and oxygen atoms in total. The number of hydrogen-bond acceptors (Lipinski definition) is 2. The fourth-order valence-electron chi connectivity index (χ4n) is 6.95. The van der Waals surface area contributed by atoms with Gasteiger partial charge in [0.15, 0.2) is 0 Å². The van der Waals surface area contributed by atoms with Gasteiger partial charge in [0.05, 0.1) is 0 Å². The molecule has 0 radical (unpaired) electrons. The van der Waals surface area contributed by atoms with Crippen LogP contribution in [0.15, 0.2) is 205 Å². The second-order valence-electron chi connectivity index (χ2n) is 12.6. The Labute approximate surface area is 292 Å². The minimum atomic E-state index is 0.870. The van der Waals surface area contributed by atoms with E-state index in [0.29, 0.717) is 0 Å². The van der Waals surface area contributed by atoms with Crippen molar-refractivity contribution in [2.24, 2.45) is 0 Å². The van der Waals surface area contributed by atoms with Crippen molar-refractivity contribution in [2.75, 3.05) is 4.90 Å². The van der Waals surface area contributed by atoms with E-state index < -0.39 is 0 Å². The summed E-state index contributed by atoms with van der Waals surface area (Å²) in [5, 5.41) is 3.52. The first-order valence-corrected chi connectivity index (χ1v) is 17.0. The molecule has 0 saturated heterocycles. The van der Waals surface area contributed by atoms with E-state index in [0.717, 1.165) is 50.5 Å². The summed E-state index contributed by atoms with van der Waals surface area (Å²) in [6.07, 6.45) is 0. The van der Waals surface area contributed by atoms with Crippen molar-refractivity contribution in [1.82, 2.24) is 0 Å². The zero-order chi connectivity index (χ0) is 33.3. The zero-order valence-electron chi connectivity index (χ0n) is 27.4. The van der Waals surface area contributed by atoms with Gasteiger partial charge in [0.1, 0.15) is 11.3 Å². The Morgan fingerprint density at radius 2 is 0.860 bits per heavy atom. The van der Waals surface area contributed by atoms with Crippen molar-refractivity contribution in [2.45, 2.75) is 0 Å². The first-order valence-electron chi connectivity index (χ1n) is 17.0. The van der Waals surface area contributed by atoms with Crippen LogP contribution in [0.25, 0.3) is 66.4 Å². The van der Waals surface area contributed by atoms with E-state index in [1.54, 1.807) is 0 Å². The second-order valence-corrected chi connectivity index (χ2v) is 12.6. The van der Waals surface area contributed by atoms with E-state index in [9.17, 15) is 0 Å². The molecule has 0 spiro atoms. The molecule has 0 aliphatic rings. The smallest absolute Gasteiger partial charge is 0.136 e. The molecule has 236 valence electrons. The molecule has 9 aromatic rings. The Morgan fingerprint density at radius 3 is 1.54 bits per heavy atom. The minimum Gasteiger partial charge on any atom is -0.456 e. The van der Waals surface area contributed by atoms with E-state index in [4.69, 9.17) is 4.42 Å². The van der Waals surface area contributed by atoms with Gasteiger partial charge in [-0.25, -0.2) is 0 Å². The predicted octanol–water partition coefficient (Wildman–Crippen LogP) is 13.7. The van der Waals surface area contributed by atoms with Crippen LogP contribution >= 0.6 is 0 Å². The lowest BCUT2D eigenvalue weighted by atomic mass is 9.96. The maximum atomic E-state index is 6.32. The van der Waals surface area contributed by atoms with Crippen molar-refractivity contribution in [3.63, 3.8) is 0 Å². The Balaban J connectivity index is 1.20. The molecule has 2 heteroatoms. The van der Waals surface area contributed by atoms with Crippen molar-refractivity contribution >= 4 is 38.8 Å². The molecule has 0 unspecified atom stereocenters. The predicted molar refractivity (Wildman–Crippen MR) is 210 cm³/mol. The normalized spacial score (nSPS) is 11.2. The highest BCUT2D eigenvalue weighted by Crippen LogP contribution is 2.42. The highest BCUT2D eigenvalue weighted by molar-refractivity contribution is 5.92. The molecule has 0 aliphatic carbocycles. The molecule has 0 fully saturated rings. The lowest BCUT2D eigenvalue weighted by Gasteiger charge is -2.27. The molecule has 0 bridgehead atoms. The summed E-state index contributed by atoms with van der Waals surface area (Å²) in [5.41, 5.74) is 12.2. The maximum absolute atomic E-state index is 6.32. The number of rotatable bonds is 7. The molecule has 8 aromatic carbocycles. The third-order valence-corrected chi connectivity index (χ3v) is 9.44. The SMILES string of the molecule is c1ccc(-c2cc(-c3ccccc3)cc(N(c3ccc(-c4ccccc4-c4cc5ccccc5o4)cc3)c3ccc4ccccc4c3)c2)cc1. The van der Waals surface area contributed by atoms with E-state index in [1.165, 1.54) is 33.0 Å². The van der Waals surface area contributed by atoms with Crippen LogP contribution in [-0.2, 0) is 0 Å². The molecule has 0 aliphatic heterocycles. The molecular formula is C48H33NO. The number of anilines is 3. The van der Waals surface area contributed by atoms with Gasteiger partial charge in [-0.1, -0.05) is 146 Å². The monoisotopic (exact) mass is 639 g/mol. The molecule has 9 rings (SSSR count). The van der Waals surface area contributed by atoms with Gasteiger partial charge < -0.3 is 9.32 Å². The lowest BCUT2D eigenvalue weighted by molar-refractivity contribution is 0.632. The van der Waals surface area contributed by atoms with Crippen LogP contribution in [0, 0.1) is 0 Å². The number of fused-ring (bicyclic) bond motifs is 2. The second kappa shape index (κ2) is 12.8. The Kier molecular flexibility index (Phi) is 7.53. The molecule has 0 atom stereocenters. The summed E-state index contributed by atoms with van der Waals surface area (Å²) in [6.45, 7) is 0. The molecular weight excluding hydrogens is 607 g/mol. The first-order chi connectivity index (χ1) is 24.8. The van der Waals surface area contributed by atoms with Crippen LogP contribution in [0.5, 0.6) is 0 Å². The summed E-state index contributed by atoms with van der Waals surface area (Å²) in [4.78, 5) is 2.38. The van der Waals surface area contributed by atoms with Gasteiger partial charge in [-0.2, -0.15) is 0 Å². The van der Waals surface area contributed by atoms with Gasteiger partial charge in [0.25, 0.3) is 0 Å². The van der Waals surface area contributed by atoms with Crippen LogP contribution in [0.1, 0.15) is 0 Å². The molecule has 0 amide bonds. The fraction of sp³-hybridized carbons (Fsp3) is 0. The van der Waals surface area contributed by atoms with E-state index in [-0.39, 0.29) is 0 Å². The Bertz CT molecular complexity index is 2490.